The minimum Gasteiger partial charge on any atom is -0.485 e. The monoisotopic (exact) mass is 360 g/mol. The lowest BCUT2D eigenvalue weighted by molar-refractivity contribution is -0.117. The Labute approximate surface area is 154 Å². The molecular weight excluding hydrogens is 344 g/mol. The number of aromatic nitrogens is 5. The Morgan fingerprint density at radius 3 is 2.81 bits per heavy atom. The van der Waals surface area contributed by atoms with E-state index in [4.69, 9.17) is 4.74 Å². The van der Waals surface area contributed by atoms with Crippen LogP contribution in [-0.4, -0.2) is 31.1 Å². The number of tetrazole rings is 1. The molecule has 8 nitrogen and oxygen atoms in total. The molecule has 2 heterocycles. The average Bonchev–Trinajstić information content (AvgIpc) is 3.15. The van der Waals surface area contributed by atoms with Crippen molar-refractivity contribution in [1.82, 2.24) is 25.2 Å². The Bertz CT molecular complexity index is 1060. The molecule has 0 bridgehead atoms. The molecule has 0 saturated heterocycles. The topological polar surface area (TPSA) is 94.8 Å². The molecular formula is C19H16N6O2. The van der Waals surface area contributed by atoms with Crippen molar-refractivity contribution in [2.75, 3.05) is 5.32 Å². The SMILES string of the molecule is O=C(Cn1nnc(COc2ccccc2)n1)Nc1cccc2ncccc12. The molecule has 4 rings (SSSR count). The third-order valence-electron chi connectivity index (χ3n) is 3.81. The maximum absolute atomic E-state index is 12.3. The summed E-state index contributed by atoms with van der Waals surface area (Å²) >= 11 is 0. The summed E-state index contributed by atoms with van der Waals surface area (Å²) in [6.45, 7) is 0.135. The van der Waals surface area contributed by atoms with Crippen LogP contribution in [0.2, 0.25) is 0 Å². The molecule has 4 aromatic rings. The molecule has 2 aromatic heterocycles. The fourth-order valence-electron chi connectivity index (χ4n) is 2.60. The molecule has 0 aliphatic heterocycles. The van der Waals surface area contributed by atoms with Crippen LogP contribution in [0.1, 0.15) is 5.82 Å². The number of nitrogens with zero attached hydrogens (tertiary/aromatic N) is 5. The first kappa shape index (κ1) is 16.6. The summed E-state index contributed by atoms with van der Waals surface area (Å²) in [5.41, 5.74) is 1.51. The minimum atomic E-state index is -0.251. The summed E-state index contributed by atoms with van der Waals surface area (Å²) in [7, 11) is 0. The van der Waals surface area contributed by atoms with Gasteiger partial charge < -0.3 is 10.1 Å². The van der Waals surface area contributed by atoms with E-state index in [1.807, 2.05) is 60.7 Å². The Morgan fingerprint density at radius 1 is 1.04 bits per heavy atom. The Morgan fingerprint density at radius 2 is 1.93 bits per heavy atom. The van der Waals surface area contributed by atoms with Gasteiger partial charge in [0, 0.05) is 11.6 Å². The quantitative estimate of drug-likeness (QED) is 0.567. The zero-order chi connectivity index (χ0) is 18.5. The lowest BCUT2D eigenvalue weighted by Gasteiger charge is -2.07. The summed E-state index contributed by atoms with van der Waals surface area (Å²) in [6, 6.07) is 18.7. The number of rotatable bonds is 6. The highest BCUT2D eigenvalue weighted by Crippen LogP contribution is 2.21. The molecule has 2 aromatic carbocycles. The van der Waals surface area contributed by atoms with Gasteiger partial charge in [0.15, 0.2) is 6.61 Å². The number of benzene rings is 2. The van der Waals surface area contributed by atoms with E-state index >= 15 is 0 Å². The largest absolute Gasteiger partial charge is 0.485 e. The van der Waals surface area contributed by atoms with Crippen LogP contribution in [0.5, 0.6) is 5.75 Å². The van der Waals surface area contributed by atoms with E-state index in [1.165, 1.54) is 4.80 Å². The van der Waals surface area contributed by atoms with Gasteiger partial charge in [0.05, 0.1) is 11.2 Å². The summed E-state index contributed by atoms with van der Waals surface area (Å²) < 4.78 is 5.57. The van der Waals surface area contributed by atoms with Gasteiger partial charge in [-0.25, -0.2) is 0 Å². The number of carbonyl (C=O) groups is 1. The van der Waals surface area contributed by atoms with E-state index in [-0.39, 0.29) is 19.1 Å². The molecule has 0 saturated carbocycles. The molecule has 134 valence electrons. The van der Waals surface area contributed by atoms with Crippen molar-refractivity contribution in [3.63, 3.8) is 0 Å². The van der Waals surface area contributed by atoms with E-state index in [0.29, 0.717) is 11.5 Å². The van der Waals surface area contributed by atoms with Gasteiger partial charge in [0.25, 0.3) is 0 Å². The Balaban J connectivity index is 1.38. The summed E-state index contributed by atoms with van der Waals surface area (Å²) in [4.78, 5) is 17.8. The Hall–Kier alpha value is -3.81. The van der Waals surface area contributed by atoms with E-state index in [1.54, 1.807) is 6.20 Å². The van der Waals surface area contributed by atoms with E-state index < -0.39 is 0 Å². The number of ether oxygens (including phenoxy) is 1. The van der Waals surface area contributed by atoms with Crippen molar-refractivity contribution in [1.29, 1.82) is 0 Å². The van der Waals surface area contributed by atoms with Gasteiger partial charge in [-0.3, -0.25) is 9.78 Å². The third kappa shape index (κ3) is 4.06. The average molecular weight is 360 g/mol. The fraction of sp³-hybridized carbons (Fsp3) is 0.105. The predicted octanol–water partition coefficient (Wildman–Crippen LogP) is 2.44. The molecule has 8 heteroatoms. The van der Waals surface area contributed by atoms with E-state index in [2.05, 4.69) is 25.7 Å². The molecule has 0 aliphatic rings. The van der Waals surface area contributed by atoms with Crippen molar-refractivity contribution >= 4 is 22.5 Å². The molecule has 0 radical (unpaired) electrons. The predicted molar refractivity (Wildman–Crippen MR) is 99.0 cm³/mol. The van der Waals surface area contributed by atoms with Gasteiger partial charge in [-0.2, -0.15) is 4.80 Å². The molecule has 0 spiro atoms. The lowest BCUT2D eigenvalue weighted by atomic mass is 10.2. The fourth-order valence-corrected chi connectivity index (χ4v) is 2.60. The number of para-hydroxylation sites is 1. The second-order valence-corrected chi connectivity index (χ2v) is 5.76. The van der Waals surface area contributed by atoms with Crippen LogP contribution in [-0.2, 0) is 17.9 Å². The van der Waals surface area contributed by atoms with E-state index in [0.717, 1.165) is 16.7 Å². The van der Waals surface area contributed by atoms with Crippen LogP contribution >= 0.6 is 0 Å². The second-order valence-electron chi connectivity index (χ2n) is 5.76. The van der Waals surface area contributed by atoms with Gasteiger partial charge in [-0.05, 0) is 41.6 Å². The molecule has 1 N–H and O–H groups in total. The first-order chi connectivity index (χ1) is 13.3. The third-order valence-corrected chi connectivity index (χ3v) is 3.81. The summed E-state index contributed by atoms with van der Waals surface area (Å²) in [6.07, 6.45) is 1.71. The number of amides is 1. The molecule has 0 fully saturated rings. The van der Waals surface area contributed by atoms with Crippen molar-refractivity contribution < 1.29 is 9.53 Å². The normalized spacial score (nSPS) is 10.7. The zero-order valence-corrected chi connectivity index (χ0v) is 14.3. The number of hydrogen-bond donors (Lipinski definition) is 1. The van der Waals surface area contributed by atoms with Gasteiger partial charge in [0.2, 0.25) is 11.7 Å². The first-order valence-electron chi connectivity index (χ1n) is 8.36. The highest BCUT2D eigenvalue weighted by atomic mass is 16.5. The van der Waals surface area contributed by atoms with Crippen molar-refractivity contribution in [2.24, 2.45) is 0 Å². The van der Waals surface area contributed by atoms with Crippen molar-refractivity contribution in [3.05, 3.63) is 72.7 Å². The second kappa shape index (κ2) is 7.61. The molecule has 0 unspecified atom stereocenters. The van der Waals surface area contributed by atoms with Crippen molar-refractivity contribution in [2.45, 2.75) is 13.2 Å². The number of carbonyl (C=O) groups excluding carboxylic acids is 1. The van der Waals surface area contributed by atoms with Crippen molar-refractivity contribution in [3.8, 4) is 5.75 Å². The zero-order valence-electron chi connectivity index (χ0n) is 14.3. The number of fused-ring (bicyclic) bond motifs is 1. The minimum absolute atomic E-state index is 0.0466. The van der Waals surface area contributed by atoms with Gasteiger partial charge in [-0.15, -0.1) is 10.2 Å². The van der Waals surface area contributed by atoms with Gasteiger partial charge in [-0.1, -0.05) is 24.3 Å². The Kier molecular flexibility index (Phi) is 4.69. The van der Waals surface area contributed by atoms with Crippen LogP contribution in [0.25, 0.3) is 10.9 Å². The van der Waals surface area contributed by atoms with E-state index in [9.17, 15) is 4.79 Å². The smallest absolute Gasteiger partial charge is 0.248 e. The number of pyridine rings is 1. The van der Waals surface area contributed by atoms with Crippen LogP contribution in [0.3, 0.4) is 0 Å². The molecule has 0 aliphatic carbocycles. The number of nitrogens with one attached hydrogen (secondary N) is 1. The maximum Gasteiger partial charge on any atom is 0.248 e. The maximum atomic E-state index is 12.3. The summed E-state index contributed by atoms with van der Waals surface area (Å²) in [5, 5.41) is 15.7. The van der Waals surface area contributed by atoms with Crippen LogP contribution in [0.4, 0.5) is 5.69 Å². The highest BCUT2D eigenvalue weighted by molar-refractivity contribution is 6.00. The van der Waals surface area contributed by atoms with Gasteiger partial charge in [0.1, 0.15) is 12.3 Å². The van der Waals surface area contributed by atoms with Crippen LogP contribution in [0.15, 0.2) is 66.9 Å². The number of anilines is 1. The summed E-state index contributed by atoms with van der Waals surface area (Å²) in [5.74, 6) is 0.872. The van der Waals surface area contributed by atoms with Crippen LogP contribution in [0, 0.1) is 0 Å². The molecule has 1 amide bonds. The van der Waals surface area contributed by atoms with Gasteiger partial charge >= 0.3 is 0 Å². The highest BCUT2D eigenvalue weighted by Gasteiger charge is 2.10. The standard InChI is InChI=1S/C19H16N6O2/c26-19(21-17-10-4-9-16-15(17)8-5-11-20-16)12-25-23-18(22-24-25)13-27-14-6-2-1-3-7-14/h1-11H,12-13H2,(H,21,26). The first-order valence-corrected chi connectivity index (χ1v) is 8.36. The number of hydrogen-bond acceptors (Lipinski definition) is 6. The van der Waals surface area contributed by atoms with Crippen LogP contribution < -0.4 is 10.1 Å². The lowest BCUT2D eigenvalue weighted by Crippen LogP contribution is -2.20. The molecule has 0 atom stereocenters. The molecule has 27 heavy (non-hydrogen) atoms.